The molecule has 0 saturated heterocycles. The Morgan fingerprint density at radius 2 is 1.76 bits per heavy atom. The van der Waals surface area contributed by atoms with E-state index in [1.165, 1.54) is 18.9 Å². The Balaban J connectivity index is 2.05. The van der Waals surface area contributed by atoms with Crippen molar-refractivity contribution in [1.29, 1.82) is 0 Å². The van der Waals surface area contributed by atoms with Crippen molar-refractivity contribution in [3.63, 3.8) is 0 Å². The van der Waals surface area contributed by atoms with E-state index in [0.717, 1.165) is 25.7 Å². The monoisotopic (exact) mass is 290 g/mol. The number of hydrogen-bond donors (Lipinski definition) is 2. The second kappa shape index (κ2) is 7.11. The minimum absolute atomic E-state index is 0.111. The Labute approximate surface area is 125 Å². The minimum atomic E-state index is -1.04. The molecule has 0 unspecified atom stereocenters. The van der Waals surface area contributed by atoms with Gasteiger partial charge >= 0.3 is 12.0 Å². The van der Waals surface area contributed by atoms with Gasteiger partial charge in [-0.05, 0) is 25.0 Å². The van der Waals surface area contributed by atoms with Crippen LogP contribution in [0.25, 0.3) is 0 Å². The number of nitrogens with zero attached hydrogens (tertiary/aromatic N) is 1. The highest BCUT2D eigenvalue weighted by atomic mass is 16.4. The molecule has 1 aromatic rings. The Kier molecular flexibility index (Phi) is 5.20. The van der Waals surface area contributed by atoms with Crippen LogP contribution >= 0.6 is 0 Å². The van der Waals surface area contributed by atoms with Gasteiger partial charge in [-0.3, -0.25) is 0 Å². The van der Waals surface area contributed by atoms with E-state index in [4.69, 9.17) is 5.11 Å². The van der Waals surface area contributed by atoms with E-state index in [1.807, 2.05) is 0 Å². The van der Waals surface area contributed by atoms with E-state index in [1.54, 1.807) is 30.1 Å². The van der Waals surface area contributed by atoms with Crippen molar-refractivity contribution >= 4 is 17.7 Å². The standard InChI is InChI=1S/C16H22N2O3/c1-18(12-8-4-2-3-5-9-12)16(21)17-14-11-7-6-10-13(14)15(19)20/h6-7,10-12H,2-5,8-9H2,1H3,(H,17,21)(H,19,20). The molecule has 2 rings (SSSR count). The molecule has 2 N–H and O–H groups in total. The lowest BCUT2D eigenvalue weighted by Gasteiger charge is -2.27. The van der Waals surface area contributed by atoms with Crippen molar-refractivity contribution in [3.05, 3.63) is 29.8 Å². The van der Waals surface area contributed by atoms with Crippen molar-refractivity contribution in [1.82, 2.24) is 4.90 Å². The van der Waals surface area contributed by atoms with Gasteiger partial charge in [0, 0.05) is 13.1 Å². The van der Waals surface area contributed by atoms with Gasteiger partial charge in [-0.1, -0.05) is 37.8 Å². The third kappa shape index (κ3) is 3.97. The van der Waals surface area contributed by atoms with Crippen LogP contribution in [0.5, 0.6) is 0 Å². The highest BCUT2D eigenvalue weighted by Gasteiger charge is 2.22. The lowest BCUT2D eigenvalue weighted by Crippen LogP contribution is -2.39. The van der Waals surface area contributed by atoms with Crippen molar-refractivity contribution in [2.45, 2.75) is 44.6 Å². The molecule has 0 aliphatic heterocycles. The molecule has 1 aliphatic carbocycles. The molecule has 114 valence electrons. The Morgan fingerprint density at radius 3 is 2.38 bits per heavy atom. The molecule has 0 heterocycles. The summed E-state index contributed by atoms with van der Waals surface area (Å²) >= 11 is 0. The summed E-state index contributed by atoms with van der Waals surface area (Å²) in [6, 6.07) is 6.47. The molecule has 1 aromatic carbocycles. The third-order valence-corrected chi connectivity index (χ3v) is 4.09. The van der Waals surface area contributed by atoms with E-state index in [9.17, 15) is 9.59 Å². The minimum Gasteiger partial charge on any atom is -0.478 e. The number of carboxylic acid groups (broad SMARTS) is 1. The zero-order valence-corrected chi connectivity index (χ0v) is 12.3. The van der Waals surface area contributed by atoms with Crippen LogP contribution in [0.1, 0.15) is 48.9 Å². The first-order valence-corrected chi connectivity index (χ1v) is 7.45. The predicted octanol–water partition coefficient (Wildman–Crippen LogP) is 3.57. The zero-order chi connectivity index (χ0) is 15.2. The summed E-state index contributed by atoms with van der Waals surface area (Å²) in [5, 5.41) is 11.9. The molecule has 21 heavy (non-hydrogen) atoms. The number of urea groups is 1. The summed E-state index contributed by atoms with van der Waals surface area (Å²) in [7, 11) is 1.79. The number of aromatic carboxylic acids is 1. The highest BCUT2D eigenvalue weighted by molar-refractivity contribution is 5.99. The zero-order valence-electron chi connectivity index (χ0n) is 12.3. The number of carbonyl (C=O) groups is 2. The number of amides is 2. The number of carbonyl (C=O) groups excluding carboxylic acids is 1. The smallest absolute Gasteiger partial charge is 0.337 e. The number of benzene rings is 1. The molecular formula is C16H22N2O3. The number of nitrogens with one attached hydrogen (secondary N) is 1. The molecule has 0 aromatic heterocycles. The summed E-state index contributed by atoms with van der Waals surface area (Å²) in [5.41, 5.74) is 0.454. The lowest BCUT2D eigenvalue weighted by molar-refractivity contribution is 0.0698. The predicted molar refractivity (Wildman–Crippen MR) is 81.7 cm³/mol. The van der Waals surface area contributed by atoms with Crippen LogP contribution in [-0.4, -0.2) is 35.1 Å². The fraction of sp³-hybridized carbons (Fsp3) is 0.500. The van der Waals surface area contributed by atoms with Gasteiger partial charge in [0.2, 0.25) is 0 Å². The van der Waals surface area contributed by atoms with Gasteiger partial charge in [0.25, 0.3) is 0 Å². The Bertz CT molecular complexity index is 508. The lowest BCUT2D eigenvalue weighted by atomic mass is 10.1. The maximum atomic E-state index is 12.3. The molecule has 0 spiro atoms. The summed E-state index contributed by atoms with van der Waals surface area (Å²) < 4.78 is 0. The van der Waals surface area contributed by atoms with Crippen molar-refractivity contribution in [3.8, 4) is 0 Å². The number of hydrogen-bond acceptors (Lipinski definition) is 2. The van der Waals surface area contributed by atoms with Crippen LogP contribution in [0, 0.1) is 0 Å². The molecular weight excluding hydrogens is 268 g/mol. The van der Waals surface area contributed by atoms with Gasteiger partial charge in [-0.25, -0.2) is 9.59 Å². The maximum absolute atomic E-state index is 12.3. The average Bonchev–Trinajstić information content (AvgIpc) is 2.75. The topological polar surface area (TPSA) is 69.6 Å². The normalized spacial score (nSPS) is 16.0. The molecule has 5 heteroatoms. The molecule has 1 aliphatic rings. The number of rotatable bonds is 3. The molecule has 0 radical (unpaired) electrons. The highest BCUT2D eigenvalue weighted by Crippen LogP contribution is 2.22. The summed E-state index contributed by atoms with van der Waals surface area (Å²) in [5.74, 6) is -1.04. The molecule has 1 saturated carbocycles. The second-order valence-electron chi connectivity index (χ2n) is 5.54. The average molecular weight is 290 g/mol. The largest absolute Gasteiger partial charge is 0.478 e. The van der Waals surface area contributed by atoms with Crippen LogP contribution in [0.15, 0.2) is 24.3 Å². The summed E-state index contributed by atoms with van der Waals surface area (Å²) in [6.07, 6.45) is 6.79. The van der Waals surface area contributed by atoms with Gasteiger partial charge in [0.1, 0.15) is 0 Å². The number of carboxylic acids is 1. The van der Waals surface area contributed by atoms with Crippen molar-refractivity contribution in [2.24, 2.45) is 0 Å². The fourth-order valence-corrected chi connectivity index (χ4v) is 2.79. The van der Waals surface area contributed by atoms with E-state index >= 15 is 0 Å². The van der Waals surface area contributed by atoms with Crippen molar-refractivity contribution in [2.75, 3.05) is 12.4 Å². The van der Waals surface area contributed by atoms with Crippen LogP contribution in [0.2, 0.25) is 0 Å². The first-order valence-electron chi connectivity index (χ1n) is 7.45. The van der Waals surface area contributed by atoms with E-state index in [-0.39, 0.29) is 17.6 Å². The quantitative estimate of drug-likeness (QED) is 0.836. The van der Waals surface area contributed by atoms with E-state index in [0.29, 0.717) is 5.69 Å². The summed E-state index contributed by atoms with van der Waals surface area (Å²) in [4.78, 5) is 25.2. The third-order valence-electron chi connectivity index (χ3n) is 4.09. The van der Waals surface area contributed by atoms with E-state index < -0.39 is 5.97 Å². The van der Waals surface area contributed by atoms with Crippen molar-refractivity contribution < 1.29 is 14.7 Å². The van der Waals surface area contributed by atoms with Gasteiger partial charge in [0.15, 0.2) is 0 Å². The second-order valence-corrected chi connectivity index (χ2v) is 5.54. The van der Waals surface area contributed by atoms with Gasteiger partial charge in [-0.2, -0.15) is 0 Å². The molecule has 0 atom stereocenters. The SMILES string of the molecule is CN(C(=O)Nc1ccccc1C(=O)O)C1CCCCCC1. The van der Waals surface area contributed by atoms with Crippen LogP contribution in [-0.2, 0) is 0 Å². The van der Waals surface area contributed by atoms with Gasteiger partial charge in [-0.15, -0.1) is 0 Å². The molecule has 0 bridgehead atoms. The number of para-hydroxylation sites is 1. The molecule has 5 nitrogen and oxygen atoms in total. The van der Waals surface area contributed by atoms with Gasteiger partial charge < -0.3 is 15.3 Å². The molecule has 2 amide bonds. The molecule has 1 fully saturated rings. The first kappa shape index (κ1) is 15.4. The van der Waals surface area contributed by atoms with E-state index in [2.05, 4.69) is 5.32 Å². The summed E-state index contributed by atoms with van der Waals surface area (Å²) in [6.45, 7) is 0. The number of anilines is 1. The Morgan fingerprint density at radius 1 is 1.14 bits per heavy atom. The van der Waals surface area contributed by atoms with Crippen LogP contribution in [0.4, 0.5) is 10.5 Å². The first-order chi connectivity index (χ1) is 10.1. The van der Waals surface area contributed by atoms with Gasteiger partial charge in [0.05, 0.1) is 11.3 Å². The van der Waals surface area contributed by atoms with Crippen LogP contribution < -0.4 is 5.32 Å². The maximum Gasteiger partial charge on any atom is 0.337 e. The Hall–Kier alpha value is -2.04. The fourth-order valence-electron chi connectivity index (χ4n) is 2.79. The van der Waals surface area contributed by atoms with Crippen LogP contribution in [0.3, 0.4) is 0 Å².